The average molecular weight is 268 g/mol. The molecule has 0 spiro atoms. The van der Waals surface area contributed by atoms with Crippen LogP contribution in [0.15, 0.2) is 29.3 Å². The molecule has 0 radical (unpaired) electrons. The zero-order valence-corrected chi connectivity index (χ0v) is 11.8. The number of nitrogens with zero attached hydrogens (tertiary/aromatic N) is 2. The van der Waals surface area contributed by atoms with Crippen LogP contribution in [-0.4, -0.2) is 19.6 Å². The Bertz CT molecular complexity index is 520. The quantitative estimate of drug-likeness (QED) is 0.207. The van der Waals surface area contributed by atoms with E-state index in [4.69, 9.17) is 11.7 Å². The molecule has 1 aromatic carbocycles. The fourth-order valence-electron chi connectivity index (χ4n) is 1.89. The molecule has 104 valence electrons. The molecule has 4 heteroatoms. The molecule has 2 N–H and O–H groups in total. The molecular weight excluding hydrogens is 248 g/mol. The molecule has 4 nitrogen and oxygen atoms in total. The van der Waals surface area contributed by atoms with Gasteiger partial charge in [0, 0.05) is 19.2 Å². The normalized spacial score (nSPS) is 10.4. The number of guanidine groups is 1. The van der Waals surface area contributed by atoms with Crippen LogP contribution in [0.25, 0.3) is 0 Å². The van der Waals surface area contributed by atoms with Crippen molar-refractivity contribution < 1.29 is 0 Å². The summed E-state index contributed by atoms with van der Waals surface area (Å²) in [4.78, 5) is 3.92. The van der Waals surface area contributed by atoms with E-state index in [0.717, 1.165) is 37.8 Å². The van der Waals surface area contributed by atoms with Crippen molar-refractivity contribution in [3.63, 3.8) is 0 Å². The number of benzene rings is 1. The van der Waals surface area contributed by atoms with Crippen LogP contribution in [0.5, 0.6) is 0 Å². The van der Waals surface area contributed by atoms with Crippen molar-refractivity contribution in [2.24, 2.45) is 4.99 Å². The van der Waals surface area contributed by atoms with Crippen LogP contribution in [0.2, 0.25) is 0 Å². The standard InChI is InChI=1S/C16H20N4/c1-3-14-9-7-10-15(12-14)8-5-4-6-11-19-16(18-2)20-13-17/h1,7,9-10,12H,4-6,8,11H2,2H3,(H2,18,19,20). The van der Waals surface area contributed by atoms with E-state index in [1.807, 2.05) is 18.3 Å². The summed E-state index contributed by atoms with van der Waals surface area (Å²) >= 11 is 0. The number of rotatable bonds is 6. The molecule has 1 aromatic rings. The molecular formula is C16H20N4. The first kappa shape index (κ1) is 15.6. The number of aryl methyl sites for hydroxylation is 1. The second-order valence-corrected chi connectivity index (χ2v) is 4.39. The Morgan fingerprint density at radius 2 is 2.20 bits per heavy atom. The molecule has 0 aromatic heterocycles. The maximum atomic E-state index is 8.48. The van der Waals surface area contributed by atoms with Crippen LogP contribution in [-0.2, 0) is 6.42 Å². The van der Waals surface area contributed by atoms with Gasteiger partial charge < -0.3 is 5.32 Å². The second kappa shape index (κ2) is 9.47. The monoisotopic (exact) mass is 268 g/mol. The van der Waals surface area contributed by atoms with Crippen molar-refractivity contribution in [2.75, 3.05) is 13.6 Å². The van der Waals surface area contributed by atoms with Crippen molar-refractivity contribution in [3.05, 3.63) is 35.4 Å². The largest absolute Gasteiger partial charge is 0.356 e. The first-order valence-electron chi connectivity index (χ1n) is 6.71. The highest BCUT2D eigenvalue weighted by molar-refractivity contribution is 5.80. The molecule has 0 saturated carbocycles. The van der Waals surface area contributed by atoms with Crippen molar-refractivity contribution in [2.45, 2.75) is 25.7 Å². The van der Waals surface area contributed by atoms with Crippen LogP contribution in [0.3, 0.4) is 0 Å². The number of nitriles is 1. The number of aliphatic imine (C=N–C) groups is 1. The molecule has 0 heterocycles. The van der Waals surface area contributed by atoms with Gasteiger partial charge in [0.15, 0.2) is 6.19 Å². The molecule has 20 heavy (non-hydrogen) atoms. The fourth-order valence-corrected chi connectivity index (χ4v) is 1.89. The molecule has 0 atom stereocenters. The summed E-state index contributed by atoms with van der Waals surface area (Å²) in [6.45, 7) is 0.811. The first-order chi connectivity index (χ1) is 9.80. The van der Waals surface area contributed by atoms with E-state index >= 15 is 0 Å². The minimum Gasteiger partial charge on any atom is -0.356 e. The van der Waals surface area contributed by atoms with Gasteiger partial charge in [-0.05, 0) is 37.0 Å². The SMILES string of the molecule is C#Cc1cccc(CCCCCNC(=NC)NC#N)c1. The minimum absolute atomic E-state index is 0.522. The molecule has 0 bridgehead atoms. The zero-order valence-electron chi connectivity index (χ0n) is 11.8. The van der Waals surface area contributed by atoms with Gasteiger partial charge in [-0.15, -0.1) is 6.42 Å². The third kappa shape index (κ3) is 5.93. The lowest BCUT2D eigenvalue weighted by Gasteiger charge is -2.07. The smallest absolute Gasteiger partial charge is 0.204 e. The summed E-state index contributed by atoms with van der Waals surface area (Å²) in [5.41, 5.74) is 2.23. The van der Waals surface area contributed by atoms with Crippen molar-refractivity contribution in [3.8, 4) is 18.5 Å². The summed E-state index contributed by atoms with van der Waals surface area (Å²) in [6.07, 6.45) is 11.6. The van der Waals surface area contributed by atoms with E-state index in [0.29, 0.717) is 5.96 Å². The van der Waals surface area contributed by atoms with E-state index in [1.54, 1.807) is 7.05 Å². The molecule has 0 fully saturated rings. The summed E-state index contributed by atoms with van der Waals surface area (Å²) in [5, 5.41) is 14.0. The Morgan fingerprint density at radius 1 is 1.35 bits per heavy atom. The lowest BCUT2D eigenvalue weighted by atomic mass is 10.0. The molecule has 0 aliphatic heterocycles. The third-order valence-corrected chi connectivity index (χ3v) is 2.93. The van der Waals surface area contributed by atoms with Gasteiger partial charge in [-0.2, -0.15) is 5.26 Å². The van der Waals surface area contributed by atoms with Gasteiger partial charge in [-0.25, -0.2) is 0 Å². The summed E-state index contributed by atoms with van der Waals surface area (Å²) in [6, 6.07) is 8.12. The van der Waals surface area contributed by atoms with Crippen molar-refractivity contribution in [1.29, 1.82) is 5.26 Å². The van der Waals surface area contributed by atoms with E-state index in [-0.39, 0.29) is 0 Å². The lowest BCUT2D eigenvalue weighted by molar-refractivity contribution is 0.660. The Morgan fingerprint density at radius 3 is 2.90 bits per heavy atom. The average Bonchev–Trinajstić information content (AvgIpc) is 2.49. The van der Waals surface area contributed by atoms with Gasteiger partial charge in [0.1, 0.15) is 0 Å². The van der Waals surface area contributed by atoms with E-state index < -0.39 is 0 Å². The highest BCUT2D eigenvalue weighted by Gasteiger charge is 1.97. The van der Waals surface area contributed by atoms with Crippen LogP contribution < -0.4 is 10.6 Å². The molecule has 0 amide bonds. The third-order valence-electron chi connectivity index (χ3n) is 2.93. The van der Waals surface area contributed by atoms with E-state index in [2.05, 4.69) is 33.7 Å². The first-order valence-corrected chi connectivity index (χ1v) is 6.71. The lowest BCUT2D eigenvalue weighted by Crippen LogP contribution is -2.34. The van der Waals surface area contributed by atoms with Crippen LogP contribution in [0.1, 0.15) is 30.4 Å². The van der Waals surface area contributed by atoms with Gasteiger partial charge in [0.05, 0.1) is 0 Å². The molecule has 0 aliphatic carbocycles. The number of unbranched alkanes of at least 4 members (excludes halogenated alkanes) is 2. The van der Waals surface area contributed by atoms with E-state index in [1.165, 1.54) is 5.56 Å². The number of hydrogen-bond donors (Lipinski definition) is 2. The predicted octanol–water partition coefficient (Wildman–Crippen LogP) is 2.03. The highest BCUT2D eigenvalue weighted by atomic mass is 15.2. The van der Waals surface area contributed by atoms with Crippen molar-refractivity contribution >= 4 is 5.96 Å². The van der Waals surface area contributed by atoms with Gasteiger partial charge >= 0.3 is 0 Å². The molecule has 1 rings (SSSR count). The number of nitrogens with one attached hydrogen (secondary N) is 2. The van der Waals surface area contributed by atoms with Crippen LogP contribution in [0.4, 0.5) is 0 Å². The Kier molecular flexibility index (Phi) is 7.38. The van der Waals surface area contributed by atoms with Crippen molar-refractivity contribution in [1.82, 2.24) is 10.6 Å². The fraction of sp³-hybridized carbons (Fsp3) is 0.375. The Hall–Kier alpha value is -2.46. The van der Waals surface area contributed by atoms with Crippen LogP contribution in [0, 0.1) is 23.8 Å². The zero-order chi connectivity index (χ0) is 14.6. The summed E-state index contributed by atoms with van der Waals surface area (Å²) < 4.78 is 0. The molecule has 0 unspecified atom stereocenters. The van der Waals surface area contributed by atoms with E-state index in [9.17, 15) is 0 Å². The molecule has 0 saturated heterocycles. The molecule has 0 aliphatic rings. The summed E-state index contributed by atoms with van der Waals surface area (Å²) in [5.74, 6) is 3.17. The number of terminal acetylenes is 1. The topological polar surface area (TPSA) is 60.2 Å². The Balaban J connectivity index is 2.16. The maximum absolute atomic E-state index is 8.48. The van der Waals surface area contributed by atoms with Gasteiger partial charge in [-0.1, -0.05) is 24.5 Å². The number of hydrogen-bond acceptors (Lipinski definition) is 2. The summed E-state index contributed by atoms with van der Waals surface area (Å²) in [7, 11) is 1.64. The van der Waals surface area contributed by atoms with Gasteiger partial charge in [0.2, 0.25) is 5.96 Å². The minimum atomic E-state index is 0.522. The Labute approximate surface area is 120 Å². The van der Waals surface area contributed by atoms with Gasteiger partial charge in [-0.3, -0.25) is 10.3 Å². The van der Waals surface area contributed by atoms with Crippen LogP contribution >= 0.6 is 0 Å². The van der Waals surface area contributed by atoms with Gasteiger partial charge in [0.25, 0.3) is 0 Å². The highest BCUT2D eigenvalue weighted by Crippen LogP contribution is 2.08. The second-order valence-electron chi connectivity index (χ2n) is 4.39. The predicted molar refractivity (Wildman–Crippen MR) is 82.0 cm³/mol. The maximum Gasteiger partial charge on any atom is 0.204 e.